The Morgan fingerprint density at radius 3 is 2.45 bits per heavy atom. The van der Waals surface area contributed by atoms with Crippen molar-refractivity contribution < 1.29 is 4.74 Å². The molecule has 102 valence electrons. The third-order valence-corrected chi connectivity index (χ3v) is 2.84. The van der Waals surface area contributed by atoms with Crippen LogP contribution in [0.4, 0.5) is 11.4 Å². The van der Waals surface area contributed by atoms with Crippen molar-refractivity contribution in [3.8, 4) is 11.8 Å². The maximum atomic E-state index is 9.10. The molecule has 0 saturated heterocycles. The van der Waals surface area contributed by atoms with Crippen LogP contribution in [0.5, 0.6) is 5.75 Å². The Balaban J connectivity index is 2.16. The average molecular weight is 287 g/mol. The zero-order valence-electron chi connectivity index (χ0n) is 11.4. The Hall–Kier alpha value is -2.18. The van der Waals surface area contributed by atoms with Crippen LogP contribution in [0.15, 0.2) is 42.5 Å². The first-order valence-corrected chi connectivity index (χ1v) is 6.69. The number of hydrogen-bond acceptors (Lipinski definition) is 3. The fourth-order valence-corrected chi connectivity index (χ4v) is 1.93. The molecule has 0 aliphatic heterocycles. The van der Waals surface area contributed by atoms with Gasteiger partial charge in [0, 0.05) is 10.7 Å². The molecule has 2 aromatic rings. The van der Waals surface area contributed by atoms with Gasteiger partial charge in [0.2, 0.25) is 0 Å². The van der Waals surface area contributed by atoms with Gasteiger partial charge < -0.3 is 10.1 Å². The van der Waals surface area contributed by atoms with Gasteiger partial charge in [-0.05, 0) is 56.3 Å². The molecule has 2 rings (SSSR count). The quantitative estimate of drug-likeness (QED) is 0.883. The van der Waals surface area contributed by atoms with E-state index in [1.807, 2.05) is 38.1 Å². The summed E-state index contributed by atoms with van der Waals surface area (Å²) in [6, 6.07) is 14.9. The zero-order valence-corrected chi connectivity index (χ0v) is 12.1. The van der Waals surface area contributed by atoms with E-state index in [0.29, 0.717) is 10.6 Å². The van der Waals surface area contributed by atoms with Gasteiger partial charge in [-0.25, -0.2) is 0 Å². The summed E-state index contributed by atoms with van der Waals surface area (Å²) in [7, 11) is 0. The third kappa shape index (κ3) is 3.66. The minimum Gasteiger partial charge on any atom is -0.491 e. The fourth-order valence-electron chi connectivity index (χ4n) is 1.76. The number of ether oxygens (including phenoxy) is 1. The molecule has 0 aromatic heterocycles. The van der Waals surface area contributed by atoms with Gasteiger partial charge in [-0.1, -0.05) is 11.6 Å². The van der Waals surface area contributed by atoms with E-state index >= 15 is 0 Å². The highest BCUT2D eigenvalue weighted by atomic mass is 35.5. The molecule has 0 aliphatic carbocycles. The standard InChI is InChI=1S/C16H15ClN2O/c1-11(2)20-15-6-4-14(5-7-15)19-16-8-3-13(17)9-12(16)10-18/h3-9,11,19H,1-2H3. The number of hydrogen-bond donors (Lipinski definition) is 1. The number of halogens is 1. The van der Waals surface area contributed by atoms with Crippen LogP contribution in [0.3, 0.4) is 0 Å². The normalized spacial score (nSPS) is 10.2. The van der Waals surface area contributed by atoms with Crippen LogP contribution < -0.4 is 10.1 Å². The van der Waals surface area contributed by atoms with Gasteiger partial charge >= 0.3 is 0 Å². The molecule has 0 aliphatic rings. The summed E-state index contributed by atoms with van der Waals surface area (Å²) in [5.41, 5.74) is 2.13. The van der Waals surface area contributed by atoms with E-state index in [-0.39, 0.29) is 6.10 Å². The fraction of sp³-hybridized carbons (Fsp3) is 0.188. The van der Waals surface area contributed by atoms with E-state index in [0.717, 1.165) is 17.1 Å². The monoisotopic (exact) mass is 286 g/mol. The molecule has 3 nitrogen and oxygen atoms in total. The van der Waals surface area contributed by atoms with Crippen LogP contribution in [0, 0.1) is 11.3 Å². The summed E-state index contributed by atoms with van der Waals surface area (Å²) in [5, 5.41) is 12.8. The number of nitrogens with zero attached hydrogens (tertiary/aromatic N) is 1. The minimum atomic E-state index is 0.148. The Labute approximate surface area is 123 Å². The zero-order chi connectivity index (χ0) is 14.5. The minimum absolute atomic E-state index is 0.148. The third-order valence-electron chi connectivity index (χ3n) is 2.61. The second-order valence-corrected chi connectivity index (χ2v) is 5.05. The SMILES string of the molecule is CC(C)Oc1ccc(Nc2ccc(Cl)cc2C#N)cc1. The molecule has 1 N–H and O–H groups in total. The number of anilines is 2. The maximum absolute atomic E-state index is 9.10. The van der Waals surface area contributed by atoms with Gasteiger partial charge in [-0.15, -0.1) is 0 Å². The van der Waals surface area contributed by atoms with E-state index in [9.17, 15) is 0 Å². The smallest absolute Gasteiger partial charge is 0.119 e. The lowest BCUT2D eigenvalue weighted by atomic mass is 10.2. The van der Waals surface area contributed by atoms with E-state index in [2.05, 4.69) is 11.4 Å². The summed E-state index contributed by atoms with van der Waals surface area (Å²) in [4.78, 5) is 0. The van der Waals surface area contributed by atoms with Crippen molar-refractivity contribution in [2.45, 2.75) is 20.0 Å². The van der Waals surface area contributed by atoms with Crippen molar-refractivity contribution in [2.75, 3.05) is 5.32 Å². The summed E-state index contributed by atoms with van der Waals surface area (Å²) >= 11 is 5.87. The van der Waals surface area contributed by atoms with E-state index in [1.165, 1.54) is 0 Å². The highest BCUT2D eigenvalue weighted by molar-refractivity contribution is 6.30. The average Bonchev–Trinajstić information content (AvgIpc) is 2.42. The molecule has 20 heavy (non-hydrogen) atoms. The molecule has 0 unspecified atom stereocenters. The Morgan fingerprint density at radius 2 is 1.85 bits per heavy atom. The van der Waals surface area contributed by atoms with Crippen LogP contribution in [0.25, 0.3) is 0 Å². The van der Waals surface area contributed by atoms with Gasteiger partial charge in [-0.2, -0.15) is 5.26 Å². The molecule has 0 radical (unpaired) electrons. The van der Waals surface area contributed by atoms with E-state index in [4.69, 9.17) is 21.6 Å². The maximum Gasteiger partial charge on any atom is 0.119 e. The van der Waals surface area contributed by atoms with Gasteiger partial charge in [0.15, 0.2) is 0 Å². The second-order valence-electron chi connectivity index (χ2n) is 4.62. The van der Waals surface area contributed by atoms with Crippen LogP contribution in [0.2, 0.25) is 5.02 Å². The summed E-state index contributed by atoms with van der Waals surface area (Å²) in [6.45, 7) is 3.97. The summed E-state index contributed by atoms with van der Waals surface area (Å²) in [6.07, 6.45) is 0.148. The molecular formula is C16H15ClN2O. The molecule has 4 heteroatoms. The van der Waals surface area contributed by atoms with Crippen molar-refractivity contribution in [3.63, 3.8) is 0 Å². The van der Waals surface area contributed by atoms with Crippen molar-refractivity contribution >= 4 is 23.0 Å². The van der Waals surface area contributed by atoms with E-state index in [1.54, 1.807) is 18.2 Å². The molecule has 0 amide bonds. The van der Waals surface area contributed by atoms with Gasteiger partial charge in [0.1, 0.15) is 11.8 Å². The highest BCUT2D eigenvalue weighted by Gasteiger charge is 2.04. The molecule has 0 saturated carbocycles. The Morgan fingerprint density at radius 1 is 1.15 bits per heavy atom. The number of rotatable bonds is 4. The molecule has 0 spiro atoms. The van der Waals surface area contributed by atoms with Crippen LogP contribution in [-0.4, -0.2) is 6.10 Å². The van der Waals surface area contributed by atoms with Crippen molar-refractivity contribution in [3.05, 3.63) is 53.1 Å². The Bertz CT molecular complexity index is 630. The largest absolute Gasteiger partial charge is 0.491 e. The molecular weight excluding hydrogens is 272 g/mol. The van der Waals surface area contributed by atoms with Crippen LogP contribution in [0.1, 0.15) is 19.4 Å². The van der Waals surface area contributed by atoms with Gasteiger partial charge in [-0.3, -0.25) is 0 Å². The number of nitrogens with one attached hydrogen (secondary N) is 1. The van der Waals surface area contributed by atoms with Crippen molar-refractivity contribution in [1.82, 2.24) is 0 Å². The molecule has 0 atom stereocenters. The molecule has 2 aromatic carbocycles. The Kier molecular flexibility index (Phi) is 4.49. The van der Waals surface area contributed by atoms with Gasteiger partial charge in [0.25, 0.3) is 0 Å². The topological polar surface area (TPSA) is 45.0 Å². The lowest BCUT2D eigenvalue weighted by Gasteiger charge is -2.12. The van der Waals surface area contributed by atoms with Crippen LogP contribution >= 0.6 is 11.6 Å². The van der Waals surface area contributed by atoms with Crippen LogP contribution in [-0.2, 0) is 0 Å². The first-order chi connectivity index (χ1) is 9.58. The lowest BCUT2D eigenvalue weighted by Crippen LogP contribution is -2.05. The first-order valence-electron chi connectivity index (χ1n) is 6.32. The summed E-state index contributed by atoms with van der Waals surface area (Å²) < 4.78 is 5.58. The lowest BCUT2D eigenvalue weighted by molar-refractivity contribution is 0.242. The van der Waals surface area contributed by atoms with Crippen molar-refractivity contribution in [1.29, 1.82) is 5.26 Å². The first kappa shape index (κ1) is 14.2. The molecule has 0 bridgehead atoms. The van der Waals surface area contributed by atoms with E-state index < -0.39 is 0 Å². The highest BCUT2D eigenvalue weighted by Crippen LogP contribution is 2.25. The summed E-state index contributed by atoms with van der Waals surface area (Å²) in [5.74, 6) is 0.821. The number of benzene rings is 2. The predicted molar refractivity (Wildman–Crippen MR) is 81.7 cm³/mol. The van der Waals surface area contributed by atoms with Gasteiger partial charge in [0.05, 0.1) is 17.4 Å². The second kappa shape index (κ2) is 6.31. The van der Waals surface area contributed by atoms with Crippen molar-refractivity contribution in [2.24, 2.45) is 0 Å². The molecule has 0 heterocycles. The predicted octanol–water partition coefficient (Wildman–Crippen LogP) is 4.74. The number of nitriles is 1. The molecule has 0 fully saturated rings.